The molecule has 0 saturated heterocycles. The molecule has 6 heteroatoms. The number of hydrogen-bond acceptors (Lipinski definition) is 5. The van der Waals surface area contributed by atoms with Crippen LogP contribution in [0.25, 0.3) is 117 Å². The molecule has 0 saturated carbocycles. The maximum absolute atomic E-state index is 6.31. The Hall–Kier alpha value is -7.83. The van der Waals surface area contributed by atoms with Crippen LogP contribution in [0.1, 0.15) is 0 Å². The van der Waals surface area contributed by atoms with E-state index in [2.05, 4.69) is 114 Å². The highest BCUT2D eigenvalue weighted by Gasteiger charge is 2.21. The fourth-order valence-electron chi connectivity index (χ4n) is 8.50. The maximum Gasteiger partial charge on any atom is 0.238 e. The molecule has 57 heavy (non-hydrogen) atoms. The summed E-state index contributed by atoms with van der Waals surface area (Å²) in [4.78, 5) is 15.6. The molecule has 12 rings (SSSR count). The lowest BCUT2D eigenvalue weighted by Crippen LogP contribution is -2.07. The average molecular weight is 731 g/mol. The standard InChI is InChI=1S/C51H30N4O2/c1-2-13-31(14-3-1)49-52-50(34-27-28-39-38-18-5-8-24-43(38)57-46(39)30-34)54-51(53-49)55-42-23-7-4-17-37(42)40-22-11-21-36(48(40)55)33-16-10-15-32(29-33)35-20-12-26-45-47(35)41-19-6-9-25-44(41)56-45/h1-30H. The average Bonchev–Trinajstić information content (AvgIpc) is 3.96. The molecule has 12 aromatic rings. The Morgan fingerprint density at radius 2 is 0.930 bits per heavy atom. The molecule has 0 unspecified atom stereocenters. The van der Waals surface area contributed by atoms with Crippen molar-refractivity contribution >= 4 is 65.7 Å². The van der Waals surface area contributed by atoms with Gasteiger partial charge >= 0.3 is 0 Å². The molecule has 0 fully saturated rings. The van der Waals surface area contributed by atoms with Crippen LogP contribution in [0.5, 0.6) is 0 Å². The quantitative estimate of drug-likeness (QED) is 0.176. The van der Waals surface area contributed by atoms with Crippen molar-refractivity contribution in [2.24, 2.45) is 0 Å². The van der Waals surface area contributed by atoms with Crippen LogP contribution in [-0.4, -0.2) is 19.5 Å². The number of para-hydroxylation sites is 4. The summed E-state index contributed by atoms with van der Waals surface area (Å²) in [6.07, 6.45) is 0. The van der Waals surface area contributed by atoms with E-state index in [0.717, 1.165) is 99.1 Å². The predicted molar refractivity (Wildman–Crippen MR) is 230 cm³/mol. The third-order valence-electron chi connectivity index (χ3n) is 11.1. The van der Waals surface area contributed by atoms with Gasteiger partial charge in [-0.2, -0.15) is 9.97 Å². The van der Waals surface area contributed by atoms with Gasteiger partial charge in [-0.15, -0.1) is 0 Å². The highest BCUT2D eigenvalue weighted by Crippen LogP contribution is 2.41. The summed E-state index contributed by atoms with van der Waals surface area (Å²) in [6.45, 7) is 0. The largest absolute Gasteiger partial charge is 0.456 e. The van der Waals surface area contributed by atoms with Gasteiger partial charge in [-0.25, -0.2) is 4.98 Å². The van der Waals surface area contributed by atoms with Gasteiger partial charge in [0.15, 0.2) is 11.6 Å². The van der Waals surface area contributed by atoms with Crippen molar-refractivity contribution in [1.82, 2.24) is 19.5 Å². The normalized spacial score (nSPS) is 11.9. The molecule has 0 radical (unpaired) electrons. The van der Waals surface area contributed by atoms with E-state index in [1.807, 2.05) is 72.8 Å². The van der Waals surface area contributed by atoms with Gasteiger partial charge in [0.1, 0.15) is 22.3 Å². The van der Waals surface area contributed by atoms with Gasteiger partial charge in [-0.1, -0.05) is 140 Å². The summed E-state index contributed by atoms with van der Waals surface area (Å²) in [5.41, 5.74) is 11.6. The van der Waals surface area contributed by atoms with Gasteiger partial charge < -0.3 is 8.83 Å². The Labute approximate surface area is 325 Å². The van der Waals surface area contributed by atoms with Crippen molar-refractivity contribution in [3.63, 3.8) is 0 Å². The Kier molecular flexibility index (Phi) is 6.83. The van der Waals surface area contributed by atoms with Gasteiger partial charge in [0.05, 0.1) is 11.0 Å². The Balaban J connectivity index is 1.10. The van der Waals surface area contributed by atoms with Crippen molar-refractivity contribution in [2.75, 3.05) is 0 Å². The summed E-state index contributed by atoms with van der Waals surface area (Å²) < 4.78 is 14.8. The van der Waals surface area contributed by atoms with Crippen LogP contribution in [0.2, 0.25) is 0 Å². The van der Waals surface area contributed by atoms with Gasteiger partial charge in [0.2, 0.25) is 5.95 Å². The highest BCUT2D eigenvalue weighted by molar-refractivity contribution is 6.15. The van der Waals surface area contributed by atoms with E-state index >= 15 is 0 Å². The molecule has 0 N–H and O–H groups in total. The van der Waals surface area contributed by atoms with E-state index in [1.54, 1.807) is 0 Å². The van der Waals surface area contributed by atoms with Crippen molar-refractivity contribution < 1.29 is 8.83 Å². The smallest absolute Gasteiger partial charge is 0.238 e. The van der Waals surface area contributed by atoms with Crippen LogP contribution in [0.3, 0.4) is 0 Å². The molecular formula is C51H30N4O2. The number of furan rings is 2. The summed E-state index contributed by atoms with van der Waals surface area (Å²) in [6, 6.07) is 62.8. The molecule has 0 atom stereocenters. The molecule has 0 aliphatic heterocycles. The van der Waals surface area contributed by atoms with Crippen molar-refractivity contribution in [3.8, 4) is 51.0 Å². The maximum atomic E-state index is 6.31. The van der Waals surface area contributed by atoms with Crippen molar-refractivity contribution in [1.29, 1.82) is 0 Å². The monoisotopic (exact) mass is 730 g/mol. The lowest BCUT2D eigenvalue weighted by molar-refractivity contribution is 0.668. The zero-order chi connectivity index (χ0) is 37.5. The van der Waals surface area contributed by atoms with E-state index in [9.17, 15) is 0 Å². The van der Waals surface area contributed by atoms with Crippen LogP contribution < -0.4 is 0 Å². The second kappa shape index (κ2) is 12.3. The molecule has 0 spiro atoms. The number of hydrogen-bond donors (Lipinski definition) is 0. The topological polar surface area (TPSA) is 69.9 Å². The summed E-state index contributed by atoms with van der Waals surface area (Å²) in [7, 11) is 0. The fourth-order valence-corrected chi connectivity index (χ4v) is 8.50. The minimum atomic E-state index is 0.535. The first-order valence-electron chi connectivity index (χ1n) is 19.0. The van der Waals surface area contributed by atoms with Crippen LogP contribution >= 0.6 is 0 Å². The Bertz CT molecular complexity index is 3540. The third kappa shape index (κ3) is 4.94. The number of benzene rings is 8. The summed E-state index contributed by atoms with van der Waals surface area (Å²) >= 11 is 0. The zero-order valence-corrected chi connectivity index (χ0v) is 30.4. The lowest BCUT2D eigenvalue weighted by atomic mass is 9.95. The van der Waals surface area contributed by atoms with Crippen molar-refractivity contribution in [3.05, 3.63) is 182 Å². The number of aromatic nitrogens is 4. The first-order valence-corrected chi connectivity index (χ1v) is 19.0. The van der Waals surface area contributed by atoms with Crippen LogP contribution in [0.4, 0.5) is 0 Å². The zero-order valence-electron chi connectivity index (χ0n) is 30.4. The molecule has 6 nitrogen and oxygen atoms in total. The van der Waals surface area contributed by atoms with E-state index < -0.39 is 0 Å². The summed E-state index contributed by atoms with van der Waals surface area (Å²) in [5.74, 6) is 1.69. The number of nitrogens with zero attached hydrogens (tertiary/aromatic N) is 4. The molecule has 0 aliphatic rings. The van der Waals surface area contributed by atoms with Crippen molar-refractivity contribution in [2.45, 2.75) is 0 Å². The van der Waals surface area contributed by atoms with Crippen LogP contribution in [-0.2, 0) is 0 Å². The lowest BCUT2D eigenvalue weighted by Gasteiger charge is -2.13. The third-order valence-corrected chi connectivity index (χ3v) is 11.1. The second-order valence-electron chi connectivity index (χ2n) is 14.4. The van der Waals surface area contributed by atoms with Crippen LogP contribution in [0.15, 0.2) is 191 Å². The Morgan fingerprint density at radius 3 is 1.79 bits per heavy atom. The first-order chi connectivity index (χ1) is 28.2. The van der Waals surface area contributed by atoms with Gasteiger partial charge in [0.25, 0.3) is 0 Å². The van der Waals surface area contributed by atoms with Gasteiger partial charge in [-0.05, 0) is 59.2 Å². The molecule has 4 aromatic heterocycles. The van der Waals surface area contributed by atoms with E-state index in [1.165, 1.54) is 0 Å². The van der Waals surface area contributed by atoms with E-state index in [-0.39, 0.29) is 0 Å². The number of fused-ring (bicyclic) bond motifs is 9. The van der Waals surface area contributed by atoms with E-state index in [4.69, 9.17) is 23.8 Å². The first kappa shape index (κ1) is 31.5. The molecule has 266 valence electrons. The van der Waals surface area contributed by atoms with Gasteiger partial charge in [0, 0.05) is 49.0 Å². The molecule has 0 aliphatic carbocycles. The molecule has 0 amide bonds. The fraction of sp³-hybridized carbons (Fsp3) is 0. The summed E-state index contributed by atoms with van der Waals surface area (Å²) in [5, 5.41) is 6.59. The SMILES string of the molecule is c1ccc(-c2nc(-c3ccc4c(c3)oc3ccccc34)nc(-n3c4ccccc4c4cccc(-c5cccc(-c6cccc7oc8ccccc8c67)c5)c43)n2)cc1. The van der Waals surface area contributed by atoms with Crippen LogP contribution in [0, 0.1) is 0 Å². The number of rotatable bonds is 5. The van der Waals surface area contributed by atoms with Gasteiger partial charge in [-0.3, -0.25) is 4.57 Å². The molecule has 8 aromatic carbocycles. The van der Waals surface area contributed by atoms with E-state index in [0.29, 0.717) is 17.6 Å². The molecule has 0 bridgehead atoms. The highest BCUT2D eigenvalue weighted by atomic mass is 16.3. The molecular weight excluding hydrogens is 701 g/mol. The minimum absolute atomic E-state index is 0.535. The minimum Gasteiger partial charge on any atom is -0.456 e. The predicted octanol–water partition coefficient (Wildman–Crippen LogP) is 13.4. The molecule has 4 heterocycles. The second-order valence-corrected chi connectivity index (χ2v) is 14.4. The Morgan fingerprint density at radius 1 is 0.351 bits per heavy atom.